The number of carbonyl (C=O) groups is 2. The summed E-state index contributed by atoms with van der Waals surface area (Å²) < 4.78 is 15.5. The van der Waals surface area contributed by atoms with E-state index in [4.69, 9.17) is 11.5 Å². The average molecular weight is 371 g/mol. The van der Waals surface area contributed by atoms with Crippen LogP contribution in [0.15, 0.2) is 24.3 Å². The summed E-state index contributed by atoms with van der Waals surface area (Å²) in [6, 6.07) is 5.08. The van der Waals surface area contributed by atoms with Crippen molar-refractivity contribution in [1.82, 2.24) is 14.7 Å². The fourth-order valence-electron chi connectivity index (χ4n) is 4.51. The minimum absolute atomic E-state index is 0.201. The van der Waals surface area contributed by atoms with Gasteiger partial charge in [0.1, 0.15) is 11.5 Å². The van der Waals surface area contributed by atoms with Crippen molar-refractivity contribution in [2.45, 2.75) is 38.3 Å². The highest BCUT2D eigenvalue weighted by Crippen LogP contribution is 2.44. The van der Waals surface area contributed by atoms with Gasteiger partial charge in [0.05, 0.1) is 23.8 Å². The van der Waals surface area contributed by atoms with E-state index in [1.54, 1.807) is 21.7 Å². The number of hydrogen-bond acceptors (Lipinski definition) is 3. The summed E-state index contributed by atoms with van der Waals surface area (Å²) in [5.74, 6) is -0.850. The van der Waals surface area contributed by atoms with Crippen LogP contribution in [0.3, 0.4) is 0 Å². The zero-order chi connectivity index (χ0) is 19.1. The normalized spacial score (nSPS) is 19.9. The third kappa shape index (κ3) is 2.94. The second-order valence-corrected chi connectivity index (χ2v) is 7.23. The van der Waals surface area contributed by atoms with E-state index in [0.29, 0.717) is 30.0 Å². The molecule has 2 aromatic rings. The number of amides is 3. The molecule has 2 aliphatic rings. The highest BCUT2D eigenvalue weighted by molar-refractivity contribution is 6.00. The number of rotatable bonds is 3. The molecule has 4 N–H and O–H groups in total. The molecule has 3 amide bonds. The summed E-state index contributed by atoms with van der Waals surface area (Å²) in [5, 5.41) is 4.57. The van der Waals surface area contributed by atoms with E-state index in [9.17, 15) is 14.0 Å². The Labute approximate surface area is 156 Å². The van der Waals surface area contributed by atoms with Crippen LogP contribution in [-0.4, -0.2) is 33.2 Å². The number of nitrogens with two attached hydrogens (primary N) is 2. The summed E-state index contributed by atoms with van der Waals surface area (Å²) in [5.41, 5.74) is 13.1. The van der Waals surface area contributed by atoms with E-state index in [2.05, 4.69) is 5.10 Å². The van der Waals surface area contributed by atoms with Crippen molar-refractivity contribution in [2.75, 3.05) is 6.54 Å². The van der Waals surface area contributed by atoms with Crippen molar-refractivity contribution in [1.29, 1.82) is 0 Å². The first-order chi connectivity index (χ1) is 13.0. The molecule has 1 unspecified atom stereocenters. The van der Waals surface area contributed by atoms with Gasteiger partial charge in [-0.1, -0.05) is 25.0 Å². The summed E-state index contributed by atoms with van der Waals surface area (Å²) >= 11 is 0. The van der Waals surface area contributed by atoms with Gasteiger partial charge < -0.3 is 16.4 Å². The Bertz CT molecular complexity index is 904. The Morgan fingerprint density at radius 1 is 1.15 bits per heavy atom. The van der Waals surface area contributed by atoms with E-state index >= 15 is 0 Å². The summed E-state index contributed by atoms with van der Waals surface area (Å²) in [6.45, 7) is 0.836. The van der Waals surface area contributed by atoms with Crippen LogP contribution in [0.25, 0.3) is 11.3 Å². The number of benzene rings is 1. The van der Waals surface area contributed by atoms with Gasteiger partial charge in [0.25, 0.3) is 5.91 Å². The SMILES string of the molecule is NC(=O)c1c(-c2cccc(F)c2)nn2c1C(C1CCCC1)N(C(N)=O)CC2. The van der Waals surface area contributed by atoms with Crippen LogP contribution in [0, 0.1) is 11.7 Å². The monoisotopic (exact) mass is 371 g/mol. The summed E-state index contributed by atoms with van der Waals surface area (Å²) in [4.78, 5) is 26.1. The fraction of sp³-hybridized carbons (Fsp3) is 0.421. The zero-order valence-corrected chi connectivity index (χ0v) is 14.9. The van der Waals surface area contributed by atoms with Gasteiger partial charge in [-0.05, 0) is 30.9 Å². The van der Waals surface area contributed by atoms with Crippen LogP contribution in [0.4, 0.5) is 9.18 Å². The van der Waals surface area contributed by atoms with Gasteiger partial charge in [-0.15, -0.1) is 0 Å². The number of nitrogens with zero attached hydrogens (tertiary/aromatic N) is 3. The molecule has 0 bridgehead atoms. The Hall–Kier alpha value is -2.90. The molecule has 1 atom stereocenters. The molecule has 0 spiro atoms. The molecule has 0 radical (unpaired) electrons. The van der Waals surface area contributed by atoms with Crippen molar-refractivity contribution in [3.8, 4) is 11.3 Å². The lowest BCUT2D eigenvalue weighted by atomic mass is 9.89. The molecule has 1 aliphatic carbocycles. The number of urea groups is 1. The molecule has 1 aliphatic heterocycles. The van der Waals surface area contributed by atoms with Gasteiger partial charge in [-0.3, -0.25) is 9.48 Å². The number of primary amides is 2. The predicted molar refractivity (Wildman–Crippen MR) is 97.1 cm³/mol. The number of fused-ring (bicyclic) bond motifs is 1. The molecule has 27 heavy (non-hydrogen) atoms. The van der Waals surface area contributed by atoms with Crippen LogP contribution in [0.2, 0.25) is 0 Å². The largest absolute Gasteiger partial charge is 0.365 e. The van der Waals surface area contributed by atoms with Crippen LogP contribution >= 0.6 is 0 Å². The Kier molecular flexibility index (Phi) is 4.33. The molecule has 4 rings (SSSR count). The maximum absolute atomic E-state index is 13.7. The predicted octanol–water partition coefficient (Wildman–Crippen LogP) is 2.41. The van der Waals surface area contributed by atoms with Crippen molar-refractivity contribution in [2.24, 2.45) is 17.4 Å². The van der Waals surface area contributed by atoms with Crippen molar-refractivity contribution >= 4 is 11.9 Å². The molecule has 7 nitrogen and oxygen atoms in total. The molecule has 1 fully saturated rings. The Morgan fingerprint density at radius 3 is 2.52 bits per heavy atom. The first-order valence-corrected chi connectivity index (χ1v) is 9.20. The molecular formula is C19H22FN5O2. The van der Waals surface area contributed by atoms with Crippen LogP contribution in [0.5, 0.6) is 0 Å². The van der Waals surface area contributed by atoms with Gasteiger partial charge >= 0.3 is 6.03 Å². The topological polar surface area (TPSA) is 107 Å². The Balaban J connectivity index is 1.91. The van der Waals surface area contributed by atoms with Crippen LogP contribution in [0.1, 0.15) is 47.8 Å². The minimum atomic E-state index is -0.634. The third-order valence-corrected chi connectivity index (χ3v) is 5.63. The van der Waals surface area contributed by atoms with Gasteiger partial charge in [0.15, 0.2) is 0 Å². The van der Waals surface area contributed by atoms with Crippen molar-refractivity contribution in [3.63, 3.8) is 0 Å². The molecule has 2 heterocycles. The van der Waals surface area contributed by atoms with Gasteiger partial charge in [-0.25, -0.2) is 9.18 Å². The highest BCUT2D eigenvalue weighted by Gasteiger charge is 2.41. The summed E-state index contributed by atoms with van der Waals surface area (Å²) in [7, 11) is 0. The number of halogens is 1. The molecule has 1 aromatic heterocycles. The Morgan fingerprint density at radius 2 is 1.89 bits per heavy atom. The van der Waals surface area contributed by atoms with Gasteiger partial charge in [0.2, 0.25) is 0 Å². The molecule has 0 saturated heterocycles. The van der Waals surface area contributed by atoms with E-state index in [0.717, 1.165) is 25.7 Å². The lowest BCUT2D eigenvalue weighted by Gasteiger charge is -2.38. The molecule has 8 heteroatoms. The second kappa shape index (κ2) is 6.68. The van der Waals surface area contributed by atoms with Gasteiger partial charge in [-0.2, -0.15) is 5.10 Å². The van der Waals surface area contributed by atoms with Crippen LogP contribution in [-0.2, 0) is 6.54 Å². The molecule has 1 saturated carbocycles. The van der Waals surface area contributed by atoms with Crippen LogP contribution < -0.4 is 11.5 Å². The molecule has 1 aromatic carbocycles. The van der Waals surface area contributed by atoms with E-state index in [-0.39, 0.29) is 17.5 Å². The standard InChI is InChI=1S/C19H22FN5O2/c20-13-7-3-6-12(10-13)15-14(18(21)26)17-16(11-4-1-2-5-11)24(19(22)27)8-9-25(17)23-15/h3,6-7,10-11,16H,1-2,4-5,8-9H2,(H2,21,26)(H2,22,27). The average Bonchev–Trinajstić information content (AvgIpc) is 3.28. The van der Waals surface area contributed by atoms with E-state index in [1.165, 1.54) is 12.1 Å². The quantitative estimate of drug-likeness (QED) is 0.865. The van der Waals surface area contributed by atoms with Gasteiger partial charge in [0, 0.05) is 12.1 Å². The zero-order valence-electron chi connectivity index (χ0n) is 14.9. The lowest BCUT2D eigenvalue weighted by molar-refractivity contribution is 0.0984. The highest BCUT2D eigenvalue weighted by atomic mass is 19.1. The third-order valence-electron chi connectivity index (χ3n) is 5.63. The number of aromatic nitrogens is 2. The number of hydrogen-bond donors (Lipinski definition) is 2. The second-order valence-electron chi connectivity index (χ2n) is 7.23. The maximum Gasteiger partial charge on any atom is 0.315 e. The lowest BCUT2D eigenvalue weighted by Crippen LogP contribution is -2.47. The minimum Gasteiger partial charge on any atom is -0.365 e. The van der Waals surface area contributed by atoms with E-state index in [1.807, 2.05) is 0 Å². The van der Waals surface area contributed by atoms with Crippen molar-refractivity contribution in [3.05, 3.63) is 41.3 Å². The molecular weight excluding hydrogens is 349 g/mol. The number of carbonyl (C=O) groups excluding carboxylic acids is 2. The molecule has 142 valence electrons. The smallest absolute Gasteiger partial charge is 0.315 e. The first-order valence-electron chi connectivity index (χ1n) is 9.20. The van der Waals surface area contributed by atoms with E-state index < -0.39 is 17.8 Å². The summed E-state index contributed by atoms with van der Waals surface area (Å²) in [6.07, 6.45) is 4.05. The fourth-order valence-corrected chi connectivity index (χ4v) is 4.51. The first kappa shape index (κ1) is 17.5. The maximum atomic E-state index is 13.7. The van der Waals surface area contributed by atoms with Crippen molar-refractivity contribution < 1.29 is 14.0 Å².